The highest BCUT2D eigenvalue weighted by Crippen LogP contribution is 2.41. The molecule has 0 spiro atoms. The molecule has 31 heavy (non-hydrogen) atoms. The zero-order valence-electron chi connectivity index (χ0n) is 17.4. The zero-order valence-corrected chi connectivity index (χ0v) is 17.4. The molecule has 0 saturated carbocycles. The third kappa shape index (κ3) is 3.83. The number of azide groups is 1. The highest BCUT2D eigenvalue weighted by Gasteiger charge is 2.53. The number of aliphatic hydroxyl groups excluding tert-OH is 1. The molecule has 11 atom stereocenters. The van der Waals surface area contributed by atoms with Crippen LogP contribution in [0.4, 0.5) is 0 Å². The van der Waals surface area contributed by atoms with E-state index >= 15 is 0 Å². The van der Waals surface area contributed by atoms with E-state index in [9.17, 15) is 5.11 Å². The summed E-state index contributed by atoms with van der Waals surface area (Å²) in [6.45, 7) is 4.79. The van der Waals surface area contributed by atoms with Gasteiger partial charge in [-0.1, -0.05) is 49.3 Å². The maximum absolute atomic E-state index is 10.8. The summed E-state index contributed by atoms with van der Waals surface area (Å²) in [5.41, 5.74) is 9.80. The van der Waals surface area contributed by atoms with Crippen molar-refractivity contribution in [2.45, 2.75) is 69.3 Å². The molecule has 1 N–H and O–H groups in total. The second-order valence-electron chi connectivity index (χ2n) is 8.60. The van der Waals surface area contributed by atoms with Crippen LogP contribution in [0.5, 0.6) is 0 Å². The fourth-order valence-corrected chi connectivity index (χ4v) is 4.78. The number of hydrogen-bond donors (Lipinski definition) is 1. The van der Waals surface area contributed by atoms with E-state index in [0.29, 0.717) is 6.61 Å². The number of aliphatic hydroxyl groups is 1. The Bertz CT molecular complexity index is 820. The fourth-order valence-electron chi connectivity index (χ4n) is 4.78. The van der Waals surface area contributed by atoms with Crippen molar-refractivity contribution in [2.24, 2.45) is 17.0 Å². The van der Waals surface area contributed by atoms with Crippen LogP contribution in [0.25, 0.3) is 10.4 Å². The normalized spacial score (nSPS) is 46.7. The summed E-state index contributed by atoms with van der Waals surface area (Å²) < 4.78 is 35.9. The van der Waals surface area contributed by atoms with Crippen LogP contribution in [-0.2, 0) is 28.4 Å². The van der Waals surface area contributed by atoms with Crippen LogP contribution in [0, 0.1) is 11.8 Å². The number of benzene rings is 1. The summed E-state index contributed by atoms with van der Waals surface area (Å²) in [5, 5.41) is 14.4. The van der Waals surface area contributed by atoms with E-state index in [1.807, 2.05) is 37.3 Å². The Morgan fingerprint density at radius 1 is 1.03 bits per heavy atom. The minimum absolute atomic E-state index is 0.0130. The largest absolute Gasteiger partial charge is 0.390 e. The predicted octanol–water partition coefficient (Wildman–Crippen LogP) is 2.28. The van der Waals surface area contributed by atoms with Crippen molar-refractivity contribution in [1.29, 1.82) is 0 Å². The maximum Gasteiger partial charge on any atom is 0.184 e. The number of rotatable bonds is 4. The molecule has 10 nitrogen and oxygen atoms in total. The van der Waals surface area contributed by atoms with Crippen LogP contribution in [0.1, 0.15) is 25.7 Å². The van der Waals surface area contributed by atoms with E-state index in [0.717, 1.165) is 5.56 Å². The second kappa shape index (κ2) is 8.65. The van der Waals surface area contributed by atoms with Gasteiger partial charge in [-0.3, -0.25) is 0 Å². The average molecular weight is 433 g/mol. The fraction of sp³-hybridized carbons (Fsp3) is 0.714. The van der Waals surface area contributed by atoms with Crippen LogP contribution in [0.2, 0.25) is 0 Å². The molecule has 4 saturated heterocycles. The van der Waals surface area contributed by atoms with Gasteiger partial charge in [0.05, 0.1) is 25.4 Å². The summed E-state index contributed by atoms with van der Waals surface area (Å²) in [6, 6.07) is 8.97. The number of ether oxygens (including phenoxy) is 6. The smallest absolute Gasteiger partial charge is 0.184 e. The minimum Gasteiger partial charge on any atom is -0.390 e. The molecular weight excluding hydrogens is 406 g/mol. The van der Waals surface area contributed by atoms with Crippen LogP contribution in [0.3, 0.4) is 0 Å². The van der Waals surface area contributed by atoms with Crippen molar-refractivity contribution in [2.75, 3.05) is 13.2 Å². The molecule has 168 valence electrons. The molecular formula is C21H27N3O7. The Kier molecular flexibility index (Phi) is 5.89. The van der Waals surface area contributed by atoms with E-state index in [4.69, 9.17) is 34.0 Å². The molecule has 1 aromatic carbocycles. The maximum atomic E-state index is 10.8. The van der Waals surface area contributed by atoms with Gasteiger partial charge in [0.15, 0.2) is 18.9 Å². The van der Waals surface area contributed by atoms with E-state index in [-0.39, 0.29) is 30.7 Å². The lowest BCUT2D eigenvalue weighted by Gasteiger charge is -2.49. The highest BCUT2D eigenvalue weighted by molar-refractivity contribution is 5.16. The first-order chi connectivity index (χ1) is 15.1. The van der Waals surface area contributed by atoms with Gasteiger partial charge in [-0.25, -0.2) is 0 Å². The van der Waals surface area contributed by atoms with Crippen molar-refractivity contribution >= 4 is 0 Å². The van der Waals surface area contributed by atoms with Gasteiger partial charge < -0.3 is 33.5 Å². The Morgan fingerprint density at radius 2 is 1.81 bits per heavy atom. The molecule has 4 heterocycles. The molecule has 10 heteroatoms. The van der Waals surface area contributed by atoms with E-state index in [2.05, 4.69) is 16.9 Å². The van der Waals surface area contributed by atoms with E-state index < -0.39 is 43.2 Å². The first-order valence-electron chi connectivity index (χ1n) is 10.7. The standard InChI is InChI=1S/C21H27N3O7/c1-10-11(2)19(31-18-14-9-27-21(29-14)15(16(18)25)23-24-22)28-13-8-26-20(30-17(10)13)12-6-4-3-5-7-12/h3-7,10-11,13-21,25H,8-9H2,1-2H3/t10-,11?,13+,14?,15?,16-,17+,18-,19+,20?,21-/m1/s1. The van der Waals surface area contributed by atoms with Gasteiger partial charge in [-0.05, 0) is 11.4 Å². The summed E-state index contributed by atoms with van der Waals surface area (Å²) in [7, 11) is 0. The SMILES string of the molecule is CC1[C@H](O[C@@H]2C3CO[C@H](O3)C(N=[N+]=[N-])[C@H]2O)O[C@H]2COC(c3ccccc3)O[C@H]2[C@@H]1C. The quantitative estimate of drug-likeness (QED) is 0.439. The van der Waals surface area contributed by atoms with Crippen molar-refractivity contribution in [3.63, 3.8) is 0 Å². The number of fused-ring (bicyclic) bond motifs is 3. The molecule has 0 aliphatic carbocycles. The molecule has 4 aliphatic rings. The summed E-state index contributed by atoms with van der Waals surface area (Å²) in [5.74, 6) is 0.113. The number of hydrogen-bond acceptors (Lipinski definition) is 8. The highest BCUT2D eigenvalue weighted by atomic mass is 16.8. The first-order valence-corrected chi connectivity index (χ1v) is 10.7. The summed E-state index contributed by atoms with van der Waals surface area (Å²) >= 11 is 0. The van der Waals surface area contributed by atoms with Crippen LogP contribution < -0.4 is 0 Å². The van der Waals surface area contributed by atoms with Gasteiger partial charge in [0.2, 0.25) is 0 Å². The molecule has 4 unspecified atom stereocenters. The molecule has 0 radical (unpaired) electrons. The van der Waals surface area contributed by atoms with Crippen LogP contribution in [0.15, 0.2) is 35.4 Å². The topological polar surface area (TPSA) is 124 Å². The molecule has 0 amide bonds. The Hall–Kier alpha value is -1.75. The second-order valence-corrected chi connectivity index (χ2v) is 8.60. The molecule has 5 rings (SSSR count). The summed E-state index contributed by atoms with van der Waals surface area (Å²) in [6.07, 6.45) is -4.43. The molecule has 2 bridgehead atoms. The third-order valence-electron chi connectivity index (χ3n) is 6.76. The van der Waals surface area contributed by atoms with Gasteiger partial charge in [0.25, 0.3) is 0 Å². The Labute approximate surface area is 179 Å². The van der Waals surface area contributed by atoms with Crippen molar-refractivity contribution in [3.8, 4) is 0 Å². The lowest BCUT2D eigenvalue weighted by molar-refractivity contribution is -0.357. The van der Waals surface area contributed by atoms with Gasteiger partial charge in [0.1, 0.15) is 24.4 Å². The van der Waals surface area contributed by atoms with Gasteiger partial charge in [-0.15, -0.1) is 0 Å². The molecule has 1 aromatic rings. The van der Waals surface area contributed by atoms with Gasteiger partial charge >= 0.3 is 0 Å². The summed E-state index contributed by atoms with van der Waals surface area (Å²) in [4.78, 5) is 2.81. The average Bonchev–Trinajstić information content (AvgIpc) is 3.24. The van der Waals surface area contributed by atoms with Crippen LogP contribution in [-0.4, -0.2) is 67.5 Å². The molecule has 4 fully saturated rings. The Balaban J connectivity index is 1.28. The van der Waals surface area contributed by atoms with E-state index in [1.165, 1.54) is 0 Å². The third-order valence-corrected chi connectivity index (χ3v) is 6.76. The van der Waals surface area contributed by atoms with Crippen molar-refractivity contribution < 1.29 is 33.5 Å². The monoisotopic (exact) mass is 433 g/mol. The van der Waals surface area contributed by atoms with Gasteiger partial charge in [-0.2, -0.15) is 0 Å². The van der Waals surface area contributed by atoms with Crippen LogP contribution >= 0.6 is 0 Å². The number of nitrogens with zero attached hydrogens (tertiary/aromatic N) is 3. The Morgan fingerprint density at radius 3 is 2.58 bits per heavy atom. The van der Waals surface area contributed by atoms with Crippen molar-refractivity contribution in [3.05, 3.63) is 46.3 Å². The minimum atomic E-state index is -1.05. The van der Waals surface area contributed by atoms with E-state index in [1.54, 1.807) is 0 Å². The predicted molar refractivity (Wildman–Crippen MR) is 105 cm³/mol. The molecule has 4 aliphatic heterocycles. The lowest BCUT2D eigenvalue weighted by Crippen LogP contribution is -2.60. The van der Waals surface area contributed by atoms with Gasteiger partial charge in [0, 0.05) is 16.4 Å². The zero-order chi connectivity index (χ0) is 21.5. The lowest BCUT2D eigenvalue weighted by atomic mass is 9.84. The molecule has 0 aromatic heterocycles. The van der Waals surface area contributed by atoms with Crippen molar-refractivity contribution in [1.82, 2.24) is 0 Å². The first kappa shape index (κ1) is 21.1.